The van der Waals surface area contributed by atoms with Crippen molar-refractivity contribution in [2.45, 2.75) is 57.2 Å². The summed E-state index contributed by atoms with van der Waals surface area (Å²) in [5.74, 6) is -2.59. The smallest absolute Gasteiger partial charge is 0.201 e. The molecule has 6 nitrogen and oxygen atoms in total. The minimum Gasteiger partial charge on any atom is -0.392 e. The van der Waals surface area contributed by atoms with E-state index in [1.54, 1.807) is 20.8 Å². The van der Waals surface area contributed by atoms with Gasteiger partial charge in [0.2, 0.25) is 5.79 Å². The monoisotopic (exact) mass is 298 g/mol. The summed E-state index contributed by atoms with van der Waals surface area (Å²) in [6.45, 7) is 5.01. The predicted molar refractivity (Wildman–Crippen MR) is 69.9 cm³/mol. The number of Topliss-reactive ketones (excluding diaryl/α,β-unsaturated/α-hetero) is 1. The van der Waals surface area contributed by atoms with E-state index in [0.717, 1.165) is 0 Å². The normalized spacial score (nSPS) is 68.5. The Bertz CT molecular complexity index is 564. The molecule has 1 aliphatic heterocycles. The second-order valence-electron chi connectivity index (χ2n) is 7.92. The summed E-state index contributed by atoms with van der Waals surface area (Å²) >= 11 is 0. The topological polar surface area (TPSA) is 107 Å². The van der Waals surface area contributed by atoms with Gasteiger partial charge in [0.1, 0.15) is 11.7 Å². The molecule has 1 heterocycles. The van der Waals surface area contributed by atoms with E-state index in [9.17, 15) is 25.2 Å². The maximum atomic E-state index is 12.6. The molecule has 5 fully saturated rings. The highest BCUT2D eigenvalue weighted by Crippen LogP contribution is 2.80. The van der Waals surface area contributed by atoms with Crippen LogP contribution in [-0.2, 0) is 9.53 Å². The van der Waals surface area contributed by atoms with Crippen LogP contribution >= 0.6 is 0 Å². The number of ether oxygens (including phenoxy) is 1. The lowest BCUT2D eigenvalue weighted by atomic mass is 9.34. The van der Waals surface area contributed by atoms with Gasteiger partial charge in [-0.1, -0.05) is 20.8 Å². The van der Waals surface area contributed by atoms with Gasteiger partial charge >= 0.3 is 0 Å². The van der Waals surface area contributed by atoms with Crippen molar-refractivity contribution in [3.05, 3.63) is 0 Å². The molecule has 4 aliphatic carbocycles. The van der Waals surface area contributed by atoms with Crippen LogP contribution in [0.4, 0.5) is 0 Å². The molecule has 0 radical (unpaired) electrons. The Morgan fingerprint density at radius 1 is 1.24 bits per heavy atom. The van der Waals surface area contributed by atoms with E-state index in [-0.39, 0.29) is 31.1 Å². The molecule has 6 heteroatoms. The molecule has 8 atom stereocenters. The largest absolute Gasteiger partial charge is 0.392 e. The van der Waals surface area contributed by atoms with Crippen LogP contribution in [0.25, 0.3) is 0 Å². The maximum absolute atomic E-state index is 12.6. The predicted octanol–water partition coefficient (Wildman–Crippen LogP) is -0.817. The van der Waals surface area contributed by atoms with Crippen molar-refractivity contribution < 1.29 is 30.0 Å². The van der Waals surface area contributed by atoms with Gasteiger partial charge in [0.15, 0.2) is 5.78 Å². The fourth-order valence-electron chi connectivity index (χ4n) is 6.25. The van der Waals surface area contributed by atoms with Gasteiger partial charge in [0.25, 0.3) is 0 Å². The van der Waals surface area contributed by atoms with E-state index >= 15 is 0 Å². The first-order chi connectivity index (χ1) is 9.54. The van der Waals surface area contributed by atoms with Crippen LogP contribution in [0, 0.1) is 22.2 Å². The quantitative estimate of drug-likeness (QED) is 0.466. The molecule has 21 heavy (non-hydrogen) atoms. The van der Waals surface area contributed by atoms with Crippen LogP contribution < -0.4 is 0 Å². The molecular weight excluding hydrogens is 276 g/mol. The molecule has 0 aromatic carbocycles. The number of aliphatic hydroxyl groups excluding tert-OH is 2. The van der Waals surface area contributed by atoms with Crippen LogP contribution in [-0.4, -0.2) is 56.4 Å². The third-order valence-corrected chi connectivity index (χ3v) is 7.77. The molecule has 1 saturated heterocycles. The summed E-state index contributed by atoms with van der Waals surface area (Å²) in [7, 11) is 0. The zero-order valence-corrected chi connectivity index (χ0v) is 12.5. The SMILES string of the molecule is C[C@@H]1CC(=O)[C@@]2(O)[C@@]13C[C@H](O)[C@]1(C)[C@@]2(C)CO[C@@]1(O)[C@@H]3O. The average molecular weight is 298 g/mol. The van der Waals surface area contributed by atoms with Crippen molar-refractivity contribution in [1.82, 2.24) is 0 Å². The number of carbonyl (C=O) groups excluding carboxylic acids is 1. The van der Waals surface area contributed by atoms with Crippen LogP contribution in [0.3, 0.4) is 0 Å². The van der Waals surface area contributed by atoms with Gasteiger partial charge in [-0.3, -0.25) is 4.79 Å². The van der Waals surface area contributed by atoms with E-state index in [1.165, 1.54) is 0 Å². The van der Waals surface area contributed by atoms with E-state index in [1.807, 2.05) is 0 Å². The molecule has 0 aromatic heterocycles. The second kappa shape index (κ2) is 3.21. The van der Waals surface area contributed by atoms with Gasteiger partial charge in [-0.2, -0.15) is 0 Å². The first-order valence-corrected chi connectivity index (χ1v) is 7.52. The lowest BCUT2D eigenvalue weighted by molar-refractivity contribution is -0.406. The molecule has 4 bridgehead atoms. The van der Waals surface area contributed by atoms with E-state index < -0.39 is 39.8 Å². The van der Waals surface area contributed by atoms with E-state index in [2.05, 4.69) is 0 Å². The number of hydrogen-bond acceptors (Lipinski definition) is 6. The Hall–Kier alpha value is -0.530. The average Bonchev–Trinajstić information content (AvgIpc) is 2.74. The lowest BCUT2D eigenvalue weighted by Crippen LogP contribution is -2.85. The van der Waals surface area contributed by atoms with Crippen molar-refractivity contribution in [2.75, 3.05) is 6.61 Å². The van der Waals surface area contributed by atoms with Gasteiger partial charge in [-0.25, -0.2) is 0 Å². The summed E-state index contributed by atoms with van der Waals surface area (Å²) in [6.07, 6.45) is -2.12. The first kappa shape index (κ1) is 14.1. The molecule has 0 unspecified atom stereocenters. The minimum atomic E-state index is -1.94. The summed E-state index contributed by atoms with van der Waals surface area (Å²) < 4.78 is 5.51. The third-order valence-electron chi connectivity index (χ3n) is 7.77. The van der Waals surface area contributed by atoms with Gasteiger partial charge in [-0.05, 0) is 12.3 Å². The number of rotatable bonds is 0. The third kappa shape index (κ3) is 0.895. The standard InChI is InChI=1S/C15H22O6/c1-7-4-8(16)14(19)11(2)6-21-15(20)10(18)13(7,14)5-9(17)12(11,15)3/h7,9-10,17-20H,4-6H2,1-3H3/t7-,9+,10-,11-,12-,13+,14+,15+/m1/s1. The molecule has 4 N–H and O–H groups in total. The number of aliphatic hydroxyl groups is 4. The molecule has 0 aromatic rings. The molecule has 1 spiro atoms. The van der Waals surface area contributed by atoms with Crippen molar-refractivity contribution in [2.24, 2.45) is 22.2 Å². The number of fused-ring (bicyclic) bond motifs is 1. The summed E-state index contributed by atoms with van der Waals surface area (Å²) in [6, 6.07) is 0. The second-order valence-corrected chi connectivity index (χ2v) is 7.92. The Morgan fingerprint density at radius 2 is 1.86 bits per heavy atom. The molecular formula is C15H22O6. The summed E-state index contributed by atoms with van der Waals surface area (Å²) in [5.41, 5.74) is -5.47. The lowest BCUT2D eigenvalue weighted by Gasteiger charge is -2.71. The van der Waals surface area contributed by atoms with Crippen molar-refractivity contribution in [1.29, 1.82) is 0 Å². The Morgan fingerprint density at radius 3 is 2.48 bits per heavy atom. The highest BCUT2D eigenvalue weighted by Gasteiger charge is 2.93. The highest BCUT2D eigenvalue weighted by molar-refractivity contribution is 5.93. The molecule has 0 amide bonds. The Kier molecular flexibility index (Phi) is 2.16. The van der Waals surface area contributed by atoms with Crippen molar-refractivity contribution in [3.63, 3.8) is 0 Å². The van der Waals surface area contributed by atoms with Gasteiger partial charge in [-0.15, -0.1) is 0 Å². The van der Waals surface area contributed by atoms with Gasteiger partial charge < -0.3 is 25.2 Å². The number of carbonyl (C=O) groups is 1. The number of hydrogen-bond donors (Lipinski definition) is 4. The van der Waals surface area contributed by atoms with Crippen LogP contribution in [0.15, 0.2) is 0 Å². The summed E-state index contributed by atoms with van der Waals surface area (Å²) in [5, 5.41) is 43.9. The van der Waals surface area contributed by atoms with Gasteiger partial charge in [0, 0.05) is 17.3 Å². The Balaban J connectivity index is 2.12. The molecule has 4 saturated carbocycles. The first-order valence-electron chi connectivity index (χ1n) is 7.52. The van der Waals surface area contributed by atoms with Crippen molar-refractivity contribution in [3.8, 4) is 0 Å². The van der Waals surface area contributed by atoms with E-state index in [4.69, 9.17) is 4.74 Å². The number of ketones is 1. The molecule has 118 valence electrons. The van der Waals surface area contributed by atoms with E-state index in [0.29, 0.717) is 0 Å². The maximum Gasteiger partial charge on any atom is 0.201 e. The fraction of sp³-hybridized carbons (Fsp3) is 0.933. The molecule has 5 rings (SSSR count). The fourth-order valence-corrected chi connectivity index (χ4v) is 6.25. The van der Waals surface area contributed by atoms with Crippen LogP contribution in [0.1, 0.15) is 33.6 Å². The molecule has 5 aliphatic rings. The van der Waals surface area contributed by atoms with Gasteiger partial charge in [0.05, 0.1) is 18.1 Å². The zero-order valence-electron chi connectivity index (χ0n) is 12.5. The van der Waals surface area contributed by atoms with Crippen LogP contribution in [0.2, 0.25) is 0 Å². The highest BCUT2D eigenvalue weighted by atomic mass is 16.7. The Labute approximate surface area is 122 Å². The zero-order chi connectivity index (χ0) is 15.6. The van der Waals surface area contributed by atoms with Crippen LogP contribution in [0.5, 0.6) is 0 Å². The summed E-state index contributed by atoms with van der Waals surface area (Å²) in [4.78, 5) is 12.6. The van der Waals surface area contributed by atoms with Crippen molar-refractivity contribution >= 4 is 5.78 Å². The minimum absolute atomic E-state index is 0.0647.